The maximum atomic E-state index is 12.5. The number of nitrogens with zero attached hydrogens (tertiary/aromatic N) is 2. The van der Waals surface area contributed by atoms with Gasteiger partial charge in [-0.15, -0.1) is 0 Å². The molecule has 2 N–H and O–H groups in total. The summed E-state index contributed by atoms with van der Waals surface area (Å²) in [5.74, 6) is -0.592. The van der Waals surface area contributed by atoms with Crippen LogP contribution in [0.4, 0.5) is 5.69 Å². The fourth-order valence-corrected chi connectivity index (χ4v) is 4.89. The highest BCUT2D eigenvalue weighted by atomic mass is 35.5. The Hall–Kier alpha value is -3.26. The molecule has 8 heteroatoms. The number of aryl methyl sites for hydroxylation is 1. The van der Waals surface area contributed by atoms with E-state index in [0.717, 1.165) is 54.9 Å². The van der Waals surface area contributed by atoms with Crippen LogP contribution in [0.1, 0.15) is 54.2 Å². The number of phenolic OH excluding ortho intramolecular Hbond substituents is 1. The molecule has 1 fully saturated rings. The van der Waals surface area contributed by atoms with Gasteiger partial charge in [0, 0.05) is 36.3 Å². The van der Waals surface area contributed by atoms with Crippen LogP contribution in [0.2, 0.25) is 5.02 Å². The fraction of sp³-hybridized carbons (Fsp3) is 0.367. The number of nitrogens with one attached hydrogen (secondary N) is 1. The number of aromatic nitrogens is 1. The smallest absolute Gasteiger partial charge is 0.224 e. The number of carbonyl (C=O) groups is 2. The first-order valence-corrected chi connectivity index (χ1v) is 13.4. The number of anilines is 1. The molecule has 200 valence electrons. The number of ketones is 1. The number of ether oxygens (including phenoxy) is 1. The van der Waals surface area contributed by atoms with Gasteiger partial charge in [-0.2, -0.15) is 0 Å². The van der Waals surface area contributed by atoms with E-state index in [9.17, 15) is 14.7 Å². The Morgan fingerprint density at radius 1 is 1.16 bits per heavy atom. The Labute approximate surface area is 228 Å². The Balaban J connectivity index is 1.19. The standard InChI is InChI=1S/C30H34ClN3O4/c1-20-17-26(21(2)35)30(37)27(18-20)33-29(36)6-4-14-34-15-11-24(12-16-34)38-19-28-25(5-3-13-32-28)22-7-9-23(31)10-8-22/h3,5,7-10,13,17-18,24,37H,4,6,11-12,14-16,19H2,1-2H3,(H,33,36). The molecule has 0 atom stereocenters. The first kappa shape index (κ1) is 27.8. The van der Waals surface area contributed by atoms with Crippen LogP contribution >= 0.6 is 11.6 Å². The molecule has 1 aromatic heterocycles. The first-order valence-electron chi connectivity index (χ1n) is 13.0. The summed E-state index contributed by atoms with van der Waals surface area (Å²) in [7, 11) is 0. The van der Waals surface area contributed by atoms with Gasteiger partial charge in [0.1, 0.15) is 5.75 Å². The molecule has 38 heavy (non-hydrogen) atoms. The average molecular weight is 536 g/mol. The van der Waals surface area contributed by atoms with E-state index >= 15 is 0 Å². The molecule has 0 saturated carbocycles. The van der Waals surface area contributed by atoms with Gasteiger partial charge in [0.05, 0.1) is 29.7 Å². The third kappa shape index (κ3) is 7.40. The van der Waals surface area contributed by atoms with Crippen LogP contribution in [0.15, 0.2) is 54.7 Å². The number of rotatable bonds is 10. The Morgan fingerprint density at radius 2 is 1.89 bits per heavy atom. The molecule has 2 aromatic carbocycles. The van der Waals surface area contributed by atoms with Gasteiger partial charge in [-0.1, -0.05) is 29.8 Å². The largest absolute Gasteiger partial charge is 0.505 e. The zero-order chi connectivity index (χ0) is 27.1. The molecular weight excluding hydrogens is 502 g/mol. The van der Waals surface area contributed by atoms with Crippen LogP contribution in [0, 0.1) is 6.92 Å². The second kappa shape index (κ2) is 13.0. The van der Waals surface area contributed by atoms with E-state index < -0.39 is 0 Å². The number of hydrogen-bond donors (Lipinski definition) is 2. The fourth-order valence-electron chi connectivity index (χ4n) is 4.76. The van der Waals surface area contributed by atoms with Crippen LogP contribution in [0.25, 0.3) is 11.1 Å². The number of benzene rings is 2. The van der Waals surface area contributed by atoms with Crippen molar-refractivity contribution in [2.45, 2.75) is 52.2 Å². The van der Waals surface area contributed by atoms with Crippen LogP contribution < -0.4 is 5.32 Å². The van der Waals surface area contributed by atoms with Gasteiger partial charge in [0.25, 0.3) is 0 Å². The van der Waals surface area contributed by atoms with E-state index in [4.69, 9.17) is 16.3 Å². The summed E-state index contributed by atoms with van der Waals surface area (Å²) in [6.45, 7) is 6.33. The predicted molar refractivity (Wildman–Crippen MR) is 150 cm³/mol. The van der Waals surface area contributed by atoms with Crippen molar-refractivity contribution < 1.29 is 19.4 Å². The molecule has 0 aliphatic carbocycles. The number of piperidine rings is 1. The van der Waals surface area contributed by atoms with E-state index in [-0.39, 0.29) is 34.8 Å². The van der Waals surface area contributed by atoms with Crippen LogP contribution in [-0.4, -0.2) is 52.4 Å². The number of halogens is 1. The summed E-state index contributed by atoms with van der Waals surface area (Å²) < 4.78 is 6.23. The zero-order valence-corrected chi connectivity index (χ0v) is 22.6. The molecule has 1 saturated heterocycles. The van der Waals surface area contributed by atoms with Crippen molar-refractivity contribution in [1.29, 1.82) is 0 Å². The summed E-state index contributed by atoms with van der Waals surface area (Å²) in [6.07, 6.45) is 4.88. The summed E-state index contributed by atoms with van der Waals surface area (Å²) >= 11 is 6.04. The number of aromatic hydroxyl groups is 1. The molecule has 0 spiro atoms. The normalized spacial score (nSPS) is 14.4. The molecule has 4 rings (SSSR count). The summed E-state index contributed by atoms with van der Waals surface area (Å²) in [5, 5.41) is 13.8. The van der Waals surface area contributed by atoms with Gasteiger partial charge in [-0.25, -0.2) is 0 Å². The van der Waals surface area contributed by atoms with Gasteiger partial charge in [0.15, 0.2) is 5.78 Å². The molecule has 1 amide bonds. The maximum Gasteiger partial charge on any atom is 0.224 e. The number of Topliss-reactive ketones (excluding diaryl/α,β-unsaturated/α-hetero) is 1. The number of hydrogen-bond acceptors (Lipinski definition) is 6. The predicted octanol–water partition coefficient (Wildman–Crippen LogP) is 6.02. The van der Waals surface area contributed by atoms with E-state index in [0.29, 0.717) is 24.5 Å². The van der Waals surface area contributed by atoms with E-state index in [1.54, 1.807) is 18.3 Å². The quantitative estimate of drug-likeness (QED) is 0.244. The number of likely N-dealkylation sites (tertiary alicyclic amines) is 1. The Morgan fingerprint density at radius 3 is 2.61 bits per heavy atom. The van der Waals surface area contributed by atoms with Gasteiger partial charge in [-0.3, -0.25) is 14.6 Å². The highest BCUT2D eigenvalue weighted by molar-refractivity contribution is 6.30. The van der Waals surface area contributed by atoms with Crippen molar-refractivity contribution in [3.05, 3.63) is 76.6 Å². The highest BCUT2D eigenvalue weighted by Crippen LogP contribution is 2.30. The second-order valence-electron chi connectivity index (χ2n) is 9.77. The van der Waals surface area contributed by atoms with Crippen molar-refractivity contribution in [3.8, 4) is 16.9 Å². The minimum absolute atomic E-state index is 0.175. The van der Waals surface area contributed by atoms with Crippen molar-refractivity contribution in [2.75, 3.05) is 25.0 Å². The molecule has 3 aromatic rings. The Bertz CT molecular complexity index is 1270. The van der Waals surface area contributed by atoms with E-state index in [1.807, 2.05) is 37.3 Å². The van der Waals surface area contributed by atoms with Gasteiger partial charge < -0.3 is 20.1 Å². The van der Waals surface area contributed by atoms with Gasteiger partial charge >= 0.3 is 0 Å². The Kier molecular flexibility index (Phi) is 9.50. The minimum atomic E-state index is -0.240. The van der Waals surface area contributed by atoms with Gasteiger partial charge in [-0.05, 0) is 81.1 Å². The lowest BCUT2D eigenvalue weighted by atomic mass is 10.0. The van der Waals surface area contributed by atoms with Gasteiger partial charge in [0.2, 0.25) is 5.91 Å². The summed E-state index contributed by atoms with van der Waals surface area (Å²) in [4.78, 5) is 31.1. The number of pyridine rings is 1. The van der Waals surface area contributed by atoms with Crippen LogP contribution in [-0.2, 0) is 16.1 Å². The summed E-state index contributed by atoms with van der Waals surface area (Å²) in [6, 6.07) is 15.0. The van der Waals surface area contributed by atoms with E-state index in [1.165, 1.54) is 6.92 Å². The maximum absolute atomic E-state index is 12.5. The monoisotopic (exact) mass is 535 g/mol. The van der Waals surface area contributed by atoms with Crippen molar-refractivity contribution in [2.24, 2.45) is 0 Å². The molecule has 2 heterocycles. The van der Waals surface area contributed by atoms with E-state index in [2.05, 4.69) is 21.3 Å². The van der Waals surface area contributed by atoms with Crippen molar-refractivity contribution >= 4 is 29.0 Å². The zero-order valence-electron chi connectivity index (χ0n) is 21.9. The third-order valence-electron chi connectivity index (χ3n) is 6.82. The minimum Gasteiger partial charge on any atom is -0.505 e. The topological polar surface area (TPSA) is 91.8 Å². The molecule has 1 aliphatic rings. The van der Waals surface area contributed by atoms with Crippen LogP contribution in [0.3, 0.4) is 0 Å². The highest BCUT2D eigenvalue weighted by Gasteiger charge is 2.21. The molecule has 7 nitrogen and oxygen atoms in total. The molecular formula is C30H34ClN3O4. The first-order chi connectivity index (χ1) is 18.3. The number of amides is 1. The lowest BCUT2D eigenvalue weighted by molar-refractivity contribution is -0.116. The van der Waals surface area contributed by atoms with Crippen LogP contribution in [0.5, 0.6) is 5.75 Å². The average Bonchev–Trinajstić information content (AvgIpc) is 2.90. The third-order valence-corrected chi connectivity index (χ3v) is 7.07. The summed E-state index contributed by atoms with van der Waals surface area (Å²) in [5.41, 5.74) is 4.34. The molecule has 0 bridgehead atoms. The second-order valence-corrected chi connectivity index (χ2v) is 10.2. The van der Waals surface area contributed by atoms with Crippen molar-refractivity contribution in [1.82, 2.24) is 9.88 Å². The SMILES string of the molecule is CC(=O)c1cc(C)cc(NC(=O)CCCN2CCC(OCc3ncccc3-c3ccc(Cl)cc3)CC2)c1O. The lowest BCUT2D eigenvalue weighted by Crippen LogP contribution is -2.37. The molecule has 0 unspecified atom stereocenters. The lowest BCUT2D eigenvalue weighted by Gasteiger charge is -2.31. The van der Waals surface area contributed by atoms with Crippen molar-refractivity contribution in [3.63, 3.8) is 0 Å². The number of phenols is 1. The molecule has 0 radical (unpaired) electrons. The molecule has 1 aliphatic heterocycles. The number of carbonyl (C=O) groups excluding carboxylic acids is 2.